The standard InChI is InChI=1S/C33H44N4O4.H2S/c1-21(2)14-27-15-25(16-33(36-27)35-26-6-5-7-26)30(39)10-9-28(38)18-37-13-12-29-22(3)31(11-8-24(29)17-37)40-19-32-23(4)34-20-41-32;/h8,11,15-16,20-21,26,28,38H,5-7,9-10,12-14,17-19H2,1-4H3,(H,35,36);1H2/t28-;/m0./s1. The Bertz CT molecular complexity index is 1350. The first-order valence-corrected chi connectivity index (χ1v) is 15.1. The van der Waals surface area contributed by atoms with E-state index in [-0.39, 0.29) is 19.3 Å². The number of aliphatic hydroxyl groups is 1. The fraction of sp³-hybridized carbons (Fsp3) is 0.545. The number of β-amino-alcohol motifs (C(OH)–C–C–N with tert-alkyl or cyclic N) is 1. The van der Waals surface area contributed by atoms with Crippen LogP contribution in [0, 0.1) is 19.8 Å². The van der Waals surface area contributed by atoms with Crippen LogP contribution in [-0.2, 0) is 26.0 Å². The Morgan fingerprint density at radius 1 is 1.24 bits per heavy atom. The monoisotopic (exact) mass is 594 g/mol. The number of hydrogen-bond donors (Lipinski definition) is 2. The van der Waals surface area contributed by atoms with Crippen molar-refractivity contribution in [3.8, 4) is 5.75 Å². The van der Waals surface area contributed by atoms with Crippen LogP contribution < -0.4 is 10.1 Å². The van der Waals surface area contributed by atoms with Crippen molar-refractivity contribution in [2.75, 3.05) is 18.4 Å². The number of anilines is 1. The summed E-state index contributed by atoms with van der Waals surface area (Å²) in [5.74, 6) is 2.95. The molecular formula is C33H46N4O4S. The van der Waals surface area contributed by atoms with Gasteiger partial charge in [0.2, 0.25) is 0 Å². The van der Waals surface area contributed by atoms with Crippen molar-refractivity contribution >= 4 is 25.1 Å². The van der Waals surface area contributed by atoms with E-state index >= 15 is 0 Å². The van der Waals surface area contributed by atoms with Crippen LogP contribution in [0.5, 0.6) is 5.75 Å². The number of carbonyl (C=O) groups is 1. The maximum absolute atomic E-state index is 13.2. The van der Waals surface area contributed by atoms with Crippen molar-refractivity contribution in [3.05, 3.63) is 70.1 Å². The number of nitrogens with one attached hydrogen (secondary N) is 1. The highest BCUT2D eigenvalue weighted by Gasteiger charge is 2.23. The lowest BCUT2D eigenvalue weighted by molar-refractivity contribution is 0.0836. The number of ether oxygens (including phenoxy) is 1. The molecular weight excluding hydrogens is 548 g/mol. The second kappa shape index (κ2) is 14.5. The van der Waals surface area contributed by atoms with Crippen LogP contribution in [0.25, 0.3) is 0 Å². The number of pyridine rings is 1. The Morgan fingerprint density at radius 2 is 2.05 bits per heavy atom. The van der Waals surface area contributed by atoms with Crippen molar-refractivity contribution in [1.29, 1.82) is 0 Å². The summed E-state index contributed by atoms with van der Waals surface area (Å²) in [6.07, 6.45) is 6.96. The number of fused-ring (bicyclic) bond motifs is 1. The molecule has 0 radical (unpaired) electrons. The molecule has 0 unspecified atom stereocenters. The fourth-order valence-corrected chi connectivity index (χ4v) is 5.74. The molecule has 2 aliphatic rings. The fourth-order valence-electron chi connectivity index (χ4n) is 5.74. The Hall–Kier alpha value is -2.88. The average molecular weight is 595 g/mol. The van der Waals surface area contributed by atoms with E-state index in [9.17, 15) is 9.90 Å². The number of benzene rings is 1. The maximum atomic E-state index is 13.2. The third kappa shape index (κ3) is 8.14. The number of hydrogen-bond acceptors (Lipinski definition) is 8. The minimum atomic E-state index is -0.557. The van der Waals surface area contributed by atoms with Gasteiger partial charge in [0.15, 0.2) is 17.9 Å². The van der Waals surface area contributed by atoms with Gasteiger partial charge in [0.1, 0.15) is 18.2 Å². The van der Waals surface area contributed by atoms with E-state index in [2.05, 4.69) is 42.0 Å². The number of rotatable bonds is 13. The quantitative estimate of drug-likeness (QED) is 0.235. The lowest BCUT2D eigenvalue weighted by Gasteiger charge is -2.31. The molecule has 0 spiro atoms. The summed E-state index contributed by atoms with van der Waals surface area (Å²) in [4.78, 5) is 24.4. The van der Waals surface area contributed by atoms with E-state index in [0.717, 1.165) is 73.1 Å². The molecule has 0 bridgehead atoms. The highest BCUT2D eigenvalue weighted by Crippen LogP contribution is 2.30. The number of ketones is 1. The number of aryl methyl sites for hydroxylation is 1. The second-order valence-electron chi connectivity index (χ2n) is 12.2. The molecule has 1 aliphatic heterocycles. The molecule has 9 heteroatoms. The summed E-state index contributed by atoms with van der Waals surface area (Å²) in [5, 5.41) is 14.4. The zero-order valence-corrected chi connectivity index (χ0v) is 26.4. The van der Waals surface area contributed by atoms with Crippen molar-refractivity contribution in [2.24, 2.45) is 5.92 Å². The molecule has 42 heavy (non-hydrogen) atoms. The second-order valence-corrected chi connectivity index (χ2v) is 12.2. The number of oxazole rings is 1. The zero-order valence-electron chi connectivity index (χ0n) is 25.4. The first-order valence-electron chi connectivity index (χ1n) is 15.1. The van der Waals surface area contributed by atoms with Gasteiger partial charge in [0, 0.05) is 43.4 Å². The molecule has 8 nitrogen and oxygen atoms in total. The largest absolute Gasteiger partial charge is 0.485 e. The van der Waals surface area contributed by atoms with Crippen molar-refractivity contribution in [2.45, 2.75) is 97.9 Å². The van der Waals surface area contributed by atoms with Crippen LogP contribution in [0.4, 0.5) is 5.82 Å². The summed E-state index contributed by atoms with van der Waals surface area (Å²) in [5.41, 5.74) is 6.24. The lowest BCUT2D eigenvalue weighted by Crippen LogP contribution is -2.37. The molecule has 1 aromatic carbocycles. The van der Waals surface area contributed by atoms with Crippen molar-refractivity contribution in [3.63, 3.8) is 0 Å². The molecule has 5 rings (SSSR count). The van der Waals surface area contributed by atoms with Gasteiger partial charge in [-0.05, 0) is 93.2 Å². The third-order valence-electron chi connectivity index (χ3n) is 8.37. The Kier molecular flexibility index (Phi) is 11.1. The minimum absolute atomic E-state index is 0. The predicted molar refractivity (Wildman–Crippen MR) is 170 cm³/mol. The van der Waals surface area contributed by atoms with Crippen molar-refractivity contribution in [1.82, 2.24) is 14.9 Å². The first-order chi connectivity index (χ1) is 19.7. The summed E-state index contributed by atoms with van der Waals surface area (Å²) in [6, 6.07) is 8.44. The van der Waals surface area contributed by atoms with Crippen LogP contribution in [0.3, 0.4) is 0 Å². The lowest BCUT2D eigenvalue weighted by atomic mass is 9.93. The third-order valence-corrected chi connectivity index (χ3v) is 8.37. The van der Waals surface area contributed by atoms with E-state index in [0.29, 0.717) is 43.5 Å². The zero-order chi connectivity index (χ0) is 28.9. The molecule has 1 fully saturated rings. The smallest absolute Gasteiger partial charge is 0.181 e. The maximum Gasteiger partial charge on any atom is 0.181 e. The number of Topliss-reactive ketones (excluding diaryl/α,β-unsaturated/α-hetero) is 1. The van der Waals surface area contributed by atoms with Gasteiger partial charge in [-0.1, -0.05) is 19.9 Å². The topological polar surface area (TPSA) is 101 Å². The van der Waals surface area contributed by atoms with E-state index in [1.807, 2.05) is 25.1 Å². The van der Waals surface area contributed by atoms with E-state index in [1.165, 1.54) is 23.9 Å². The number of carbonyl (C=O) groups excluding carboxylic acids is 1. The summed E-state index contributed by atoms with van der Waals surface area (Å²) in [7, 11) is 0. The number of aliphatic hydroxyl groups excluding tert-OH is 1. The van der Waals surface area contributed by atoms with Gasteiger partial charge in [-0.15, -0.1) is 0 Å². The molecule has 0 amide bonds. The summed E-state index contributed by atoms with van der Waals surface area (Å²) >= 11 is 0. The van der Waals surface area contributed by atoms with Gasteiger partial charge in [0.25, 0.3) is 0 Å². The molecule has 3 heterocycles. The highest BCUT2D eigenvalue weighted by atomic mass is 32.1. The Morgan fingerprint density at radius 3 is 2.74 bits per heavy atom. The van der Waals surface area contributed by atoms with Gasteiger partial charge in [0.05, 0.1) is 11.8 Å². The molecule has 1 aliphatic carbocycles. The predicted octanol–water partition coefficient (Wildman–Crippen LogP) is 5.92. The Balaban J connectivity index is 0.00000405. The Labute approximate surface area is 256 Å². The highest BCUT2D eigenvalue weighted by molar-refractivity contribution is 7.59. The van der Waals surface area contributed by atoms with Gasteiger partial charge in [-0.3, -0.25) is 9.69 Å². The van der Waals surface area contributed by atoms with Crippen molar-refractivity contribution < 1.29 is 19.1 Å². The van der Waals surface area contributed by atoms with Crippen LogP contribution in [0.2, 0.25) is 0 Å². The number of nitrogens with zero attached hydrogens (tertiary/aromatic N) is 3. The van der Waals surface area contributed by atoms with E-state index in [4.69, 9.17) is 14.1 Å². The molecule has 0 saturated heterocycles. The molecule has 2 aromatic heterocycles. The van der Waals surface area contributed by atoms with Gasteiger partial charge in [-0.2, -0.15) is 13.5 Å². The van der Waals surface area contributed by atoms with Gasteiger partial charge in [-0.25, -0.2) is 9.97 Å². The van der Waals surface area contributed by atoms with E-state index < -0.39 is 6.10 Å². The molecule has 2 N–H and O–H groups in total. The van der Waals surface area contributed by atoms with Crippen LogP contribution in [-0.4, -0.2) is 51.0 Å². The SMILES string of the molecule is Cc1ncoc1COc1ccc2c(c1C)CCN(C[C@@H](O)CCC(=O)c1cc(CC(C)C)nc(NC3CCC3)c1)C2.S. The van der Waals surface area contributed by atoms with Gasteiger partial charge < -0.3 is 19.6 Å². The van der Waals surface area contributed by atoms with E-state index in [1.54, 1.807) is 0 Å². The molecule has 228 valence electrons. The molecule has 1 saturated carbocycles. The average Bonchev–Trinajstić information content (AvgIpc) is 3.33. The summed E-state index contributed by atoms with van der Waals surface area (Å²) in [6.45, 7) is 10.9. The van der Waals surface area contributed by atoms with Crippen LogP contribution >= 0.6 is 13.5 Å². The van der Waals surface area contributed by atoms with Crippen LogP contribution in [0.15, 0.2) is 35.1 Å². The first kappa shape index (κ1) is 32.0. The summed E-state index contributed by atoms with van der Waals surface area (Å²) < 4.78 is 11.4. The molecule has 3 aromatic rings. The van der Waals surface area contributed by atoms with Crippen LogP contribution in [0.1, 0.15) is 90.1 Å². The normalized spacial score (nSPS) is 16.0. The number of aromatic nitrogens is 2. The van der Waals surface area contributed by atoms with Gasteiger partial charge >= 0.3 is 0 Å². The minimum Gasteiger partial charge on any atom is -0.485 e. The molecule has 1 atom stereocenters.